The van der Waals surface area contributed by atoms with Crippen LogP contribution in [-0.4, -0.2) is 33.8 Å². The minimum atomic E-state index is -1.05. The molecule has 0 radical (unpaired) electrons. The Hall–Kier alpha value is -1.33. The average molecular weight is 271 g/mol. The molecule has 0 aliphatic heterocycles. The van der Waals surface area contributed by atoms with E-state index in [1.54, 1.807) is 0 Å². The van der Waals surface area contributed by atoms with Gasteiger partial charge in [-0.1, -0.05) is 18.0 Å². The van der Waals surface area contributed by atoms with E-state index in [2.05, 4.69) is 10.3 Å². The molecule has 1 aromatic rings. The van der Waals surface area contributed by atoms with Crippen LogP contribution in [-0.2, 0) is 0 Å². The zero-order valence-corrected chi connectivity index (χ0v) is 10.5. The molecule has 5 nitrogen and oxygen atoms in total. The molecule has 1 aliphatic carbocycles. The van der Waals surface area contributed by atoms with Gasteiger partial charge in [0.15, 0.2) is 0 Å². The van der Waals surface area contributed by atoms with Crippen LogP contribution in [0.2, 0.25) is 5.02 Å². The Bertz CT molecular complexity index is 453. The van der Waals surface area contributed by atoms with E-state index >= 15 is 0 Å². The Morgan fingerprint density at radius 3 is 2.94 bits per heavy atom. The van der Waals surface area contributed by atoms with E-state index in [-0.39, 0.29) is 24.1 Å². The third-order valence-electron chi connectivity index (χ3n) is 3.30. The first kappa shape index (κ1) is 13.1. The van der Waals surface area contributed by atoms with E-state index in [9.17, 15) is 9.90 Å². The minimum Gasteiger partial charge on any atom is -0.478 e. The maximum atomic E-state index is 10.8. The Balaban J connectivity index is 2.12. The lowest BCUT2D eigenvalue weighted by Gasteiger charge is -2.20. The van der Waals surface area contributed by atoms with Gasteiger partial charge in [0.25, 0.3) is 0 Å². The fourth-order valence-electron chi connectivity index (χ4n) is 2.28. The first-order valence-electron chi connectivity index (χ1n) is 5.88. The maximum Gasteiger partial charge on any atom is 0.337 e. The molecule has 1 fully saturated rings. The molecule has 1 heterocycles. The third kappa shape index (κ3) is 2.73. The predicted octanol–water partition coefficient (Wildman–Crippen LogP) is 2.01. The molecule has 3 N–H and O–H groups in total. The smallest absolute Gasteiger partial charge is 0.337 e. The summed E-state index contributed by atoms with van der Waals surface area (Å²) in [7, 11) is 0. The molecule has 0 bridgehead atoms. The zero-order chi connectivity index (χ0) is 13.1. The van der Waals surface area contributed by atoms with Gasteiger partial charge in [0.05, 0.1) is 10.6 Å². The monoisotopic (exact) mass is 270 g/mol. The summed E-state index contributed by atoms with van der Waals surface area (Å²) in [5.74, 6) is -0.362. The van der Waals surface area contributed by atoms with Crippen LogP contribution in [0.15, 0.2) is 12.3 Å². The lowest BCUT2D eigenvalue weighted by Crippen LogP contribution is -2.27. The van der Waals surface area contributed by atoms with Gasteiger partial charge >= 0.3 is 5.97 Å². The van der Waals surface area contributed by atoms with Crippen molar-refractivity contribution in [3.63, 3.8) is 0 Å². The number of nitrogens with one attached hydrogen (secondary N) is 1. The number of carbonyl (C=O) groups is 1. The van der Waals surface area contributed by atoms with Gasteiger partial charge in [-0.2, -0.15) is 0 Å². The molecule has 0 spiro atoms. The number of aromatic carboxylic acids is 1. The van der Waals surface area contributed by atoms with E-state index in [1.165, 1.54) is 12.3 Å². The molecule has 6 heteroatoms. The molecular weight excluding hydrogens is 256 g/mol. The highest BCUT2D eigenvalue weighted by molar-refractivity contribution is 6.33. The van der Waals surface area contributed by atoms with Crippen LogP contribution < -0.4 is 5.32 Å². The van der Waals surface area contributed by atoms with E-state index in [4.69, 9.17) is 16.7 Å². The van der Waals surface area contributed by atoms with E-state index in [0.29, 0.717) is 10.8 Å². The van der Waals surface area contributed by atoms with Crippen molar-refractivity contribution in [1.29, 1.82) is 0 Å². The van der Waals surface area contributed by atoms with Gasteiger partial charge < -0.3 is 15.5 Å². The Kier molecular flexibility index (Phi) is 4.04. The normalized spacial score (nSPS) is 23.0. The summed E-state index contributed by atoms with van der Waals surface area (Å²) in [6.07, 6.45) is 4.29. The predicted molar refractivity (Wildman–Crippen MR) is 68.0 cm³/mol. The van der Waals surface area contributed by atoms with Gasteiger partial charge in [-0.15, -0.1) is 0 Å². The number of pyridine rings is 1. The van der Waals surface area contributed by atoms with Crippen molar-refractivity contribution in [2.24, 2.45) is 5.92 Å². The van der Waals surface area contributed by atoms with Gasteiger partial charge in [0, 0.05) is 24.8 Å². The minimum absolute atomic E-state index is 0.0654. The van der Waals surface area contributed by atoms with Crippen molar-refractivity contribution in [3.05, 3.63) is 22.8 Å². The second-order valence-corrected chi connectivity index (χ2v) is 4.89. The van der Waals surface area contributed by atoms with Crippen LogP contribution in [0.25, 0.3) is 0 Å². The summed E-state index contributed by atoms with van der Waals surface area (Å²) in [6.45, 7) is 0.141. The van der Waals surface area contributed by atoms with E-state index < -0.39 is 5.97 Å². The SMILES string of the molecule is O=C(O)c1cnc(NC2CCCC2CO)c(Cl)c1. The molecule has 0 saturated heterocycles. The quantitative estimate of drug-likeness (QED) is 0.780. The average Bonchev–Trinajstić information content (AvgIpc) is 2.78. The molecule has 98 valence electrons. The molecule has 1 aliphatic rings. The van der Waals surface area contributed by atoms with Crippen LogP contribution in [0, 0.1) is 5.92 Å². The number of hydrogen-bond donors (Lipinski definition) is 3. The number of aliphatic hydroxyl groups is 1. The summed E-state index contributed by atoms with van der Waals surface area (Å²) in [6, 6.07) is 1.53. The van der Waals surface area contributed by atoms with Gasteiger partial charge in [-0.05, 0) is 18.9 Å². The van der Waals surface area contributed by atoms with Crippen LogP contribution in [0.1, 0.15) is 29.6 Å². The van der Waals surface area contributed by atoms with Crippen molar-refractivity contribution >= 4 is 23.4 Å². The molecule has 2 rings (SSSR count). The second kappa shape index (κ2) is 5.54. The van der Waals surface area contributed by atoms with Crippen molar-refractivity contribution in [2.75, 3.05) is 11.9 Å². The number of carboxylic acid groups (broad SMARTS) is 1. The van der Waals surface area contributed by atoms with Crippen LogP contribution in [0.3, 0.4) is 0 Å². The Morgan fingerprint density at radius 1 is 1.56 bits per heavy atom. The lowest BCUT2D eigenvalue weighted by atomic mass is 10.1. The topological polar surface area (TPSA) is 82.5 Å². The number of halogens is 1. The summed E-state index contributed by atoms with van der Waals surface area (Å²) < 4.78 is 0. The molecule has 2 unspecified atom stereocenters. The molecule has 0 aromatic carbocycles. The lowest BCUT2D eigenvalue weighted by molar-refractivity contribution is 0.0696. The summed E-state index contributed by atoms with van der Waals surface area (Å²) in [5.41, 5.74) is 0.0654. The number of hydrogen-bond acceptors (Lipinski definition) is 4. The zero-order valence-electron chi connectivity index (χ0n) is 9.77. The molecule has 2 atom stereocenters. The van der Waals surface area contributed by atoms with Gasteiger partial charge in [-0.3, -0.25) is 0 Å². The molecule has 18 heavy (non-hydrogen) atoms. The summed E-state index contributed by atoms with van der Waals surface area (Å²) in [5, 5.41) is 21.5. The number of aromatic nitrogens is 1. The largest absolute Gasteiger partial charge is 0.478 e. The third-order valence-corrected chi connectivity index (χ3v) is 3.59. The van der Waals surface area contributed by atoms with Gasteiger partial charge in [0.1, 0.15) is 5.82 Å². The van der Waals surface area contributed by atoms with Crippen LogP contribution in [0.4, 0.5) is 5.82 Å². The van der Waals surface area contributed by atoms with Crippen molar-refractivity contribution in [2.45, 2.75) is 25.3 Å². The van der Waals surface area contributed by atoms with Gasteiger partial charge in [0.2, 0.25) is 0 Å². The summed E-state index contributed by atoms with van der Waals surface area (Å²) in [4.78, 5) is 14.8. The number of aliphatic hydroxyl groups excluding tert-OH is 1. The Morgan fingerprint density at radius 2 is 2.33 bits per heavy atom. The first-order valence-corrected chi connectivity index (χ1v) is 6.26. The van der Waals surface area contributed by atoms with E-state index in [0.717, 1.165) is 19.3 Å². The maximum absolute atomic E-state index is 10.8. The fourth-order valence-corrected chi connectivity index (χ4v) is 2.50. The van der Waals surface area contributed by atoms with E-state index in [1.807, 2.05) is 0 Å². The van der Waals surface area contributed by atoms with Crippen molar-refractivity contribution < 1.29 is 15.0 Å². The molecule has 1 saturated carbocycles. The molecule has 0 amide bonds. The molecular formula is C12H15ClN2O3. The second-order valence-electron chi connectivity index (χ2n) is 4.48. The number of nitrogens with zero attached hydrogens (tertiary/aromatic N) is 1. The Labute approximate surface area is 110 Å². The van der Waals surface area contributed by atoms with Crippen LogP contribution >= 0.6 is 11.6 Å². The van der Waals surface area contributed by atoms with Crippen LogP contribution in [0.5, 0.6) is 0 Å². The highest BCUT2D eigenvalue weighted by Crippen LogP contribution is 2.30. The van der Waals surface area contributed by atoms with Gasteiger partial charge in [-0.25, -0.2) is 9.78 Å². The summed E-state index contributed by atoms with van der Waals surface area (Å²) >= 11 is 5.99. The highest BCUT2D eigenvalue weighted by atomic mass is 35.5. The number of rotatable bonds is 4. The fraction of sp³-hybridized carbons (Fsp3) is 0.500. The first-order chi connectivity index (χ1) is 8.61. The van der Waals surface area contributed by atoms with Crippen molar-refractivity contribution in [3.8, 4) is 0 Å². The number of anilines is 1. The van der Waals surface area contributed by atoms with Crippen molar-refractivity contribution in [1.82, 2.24) is 4.98 Å². The number of carboxylic acids is 1. The standard InChI is InChI=1S/C12H15ClN2O3/c13-9-4-8(12(17)18)5-14-11(9)15-10-3-1-2-7(10)6-16/h4-5,7,10,16H,1-3,6H2,(H,14,15)(H,17,18). The molecule has 1 aromatic heterocycles. The highest BCUT2D eigenvalue weighted by Gasteiger charge is 2.27.